The number of rotatable bonds is 2. The van der Waals surface area contributed by atoms with Crippen LogP contribution in [0, 0.1) is 11.6 Å². The van der Waals surface area contributed by atoms with Gasteiger partial charge in [0.1, 0.15) is 11.6 Å². The number of nitrogens with one attached hydrogen (secondary N) is 1. The number of benzene rings is 1. The summed E-state index contributed by atoms with van der Waals surface area (Å²) in [5.41, 5.74) is 4.86. The second kappa shape index (κ2) is 4.36. The number of nitrogens with two attached hydrogens (primary N) is 1. The quantitative estimate of drug-likeness (QED) is 0.705. The number of anilines is 1. The molecule has 14 heavy (non-hydrogen) atoms. The molecule has 0 aromatic heterocycles. The lowest BCUT2D eigenvalue weighted by molar-refractivity contribution is -0.111. The molecule has 0 aliphatic heterocycles. The minimum Gasteiger partial charge on any atom is -0.404 e. The lowest BCUT2D eigenvalue weighted by atomic mass is 10.3. The third-order valence-corrected chi connectivity index (χ3v) is 1.44. The third-order valence-electron chi connectivity index (χ3n) is 1.44. The first-order chi connectivity index (χ1) is 6.63. The highest BCUT2D eigenvalue weighted by Crippen LogP contribution is 2.14. The molecule has 0 aliphatic carbocycles. The lowest BCUT2D eigenvalue weighted by Crippen LogP contribution is -2.10. The van der Waals surface area contributed by atoms with Crippen molar-refractivity contribution in [3.05, 3.63) is 42.1 Å². The first-order valence-electron chi connectivity index (χ1n) is 3.78. The van der Waals surface area contributed by atoms with Gasteiger partial charge < -0.3 is 11.1 Å². The van der Waals surface area contributed by atoms with Gasteiger partial charge >= 0.3 is 0 Å². The minimum absolute atomic E-state index is 0.0884. The smallest absolute Gasteiger partial charge is 0.249 e. The number of halogens is 2. The third kappa shape index (κ3) is 2.55. The molecule has 74 valence electrons. The zero-order chi connectivity index (χ0) is 10.6. The highest BCUT2D eigenvalue weighted by molar-refractivity contribution is 5.99. The van der Waals surface area contributed by atoms with Gasteiger partial charge in [0.05, 0.1) is 5.69 Å². The van der Waals surface area contributed by atoms with Crippen molar-refractivity contribution in [2.45, 2.75) is 0 Å². The van der Waals surface area contributed by atoms with Crippen molar-refractivity contribution in [3.63, 3.8) is 0 Å². The number of carbonyl (C=O) groups excluding carboxylic acids is 1. The van der Waals surface area contributed by atoms with E-state index in [4.69, 9.17) is 5.73 Å². The molecular weight excluding hydrogens is 190 g/mol. The van der Waals surface area contributed by atoms with Crippen LogP contribution >= 0.6 is 0 Å². The van der Waals surface area contributed by atoms with Crippen LogP contribution in [0.5, 0.6) is 0 Å². The van der Waals surface area contributed by atoms with Gasteiger partial charge in [-0.15, -0.1) is 0 Å². The molecule has 0 aliphatic rings. The van der Waals surface area contributed by atoms with Crippen molar-refractivity contribution < 1.29 is 13.6 Å². The summed E-state index contributed by atoms with van der Waals surface area (Å²) in [6.45, 7) is 0. The van der Waals surface area contributed by atoms with E-state index >= 15 is 0 Å². The maximum absolute atomic E-state index is 12.9. The van der Waals surface area contributed by atoms with Crippen LogP contribution in [0.15, 0.2) is 30.5 Å². The zero-order valence-corrected chi connectivity index (χ0v) is 7.13. The molecule has 1 rings (SSSR count). The average Bonchev–Trinajstić information content (AvgIpc) is 2.10. The van der Waals surface area contributed by atoms with Crippen molar-refractivity contribution in [1.82, 2.24) is 0 Å². The highest BCUT2D eigenvalue weighted by Gasteiger charge is 2.05. The topological polar surface area (TPSA) is 55.1 Å². The van der Waals surface area contributed by atoms with E-state index in [0.29, 0.717) is 6.07 Å². The average molecular weight is 198 g/mol. The first-order valence-corrected chi connectivity index (χ1v) is 3.78. The Morgan fingerprint density at radius 2 is 2.14 bits per heavy atom. The van der Waals surface area contributed by atoms with E-state index in [9.17, 15) is 13.6 Å². The van der Waals surface area contributed by atoms with E-state index in [1.54, 1.807) is 0 Å². The monoisotopic (exact) mass is 198 g/mol. The summed E-state index contributed by atoms with van der Waals surface area (Å²) in [7, 11) is 0. The molecule has 1 aromatic rings. The fraction of sp³-hybridized carbons (Fsp3) is 0. The molecule has 3 N–H and O–H groups in total. The lowest BCUT2D eigenvalue weighted by Gasteiger charge is -2.02. The van der Waals surface area contributed by atoms with Gasteiger partial charge in [-0.05, 0) is 18.3 Å². The summed E-state index contributed by atoms with van der Waals surface area (Å²) in [5.74, 6) is -2.10. The van der Waals surface area contributed by atoms with Gasteiger partial charge in [-0.3, -0.25) is 4.79 Å². The molecule has 0 saturated carbocycles. The summed E-state index contributed by atoms with van der Waals surface area (Å²) in [4.78, 5) is 10.9. The predicted octanol–water partition coefficient (Wildman–Crippen LogP) is 1.38. The Labute approximate surface area is 79.2 Å². The summed E-state index contributed by atoms with van der Waals surface area (Å²) < 4.78 is 25.4. The van der Waals surface area contributed by atoms with Crippen LogP contribution in [0.1, 0.15) is 0 Å². The van der Waals surface area contributed by atoms with Gasteiger partial charge in [0.25, 0.3) is 0 Å². The van der Waals surface area contributed by atoms with E-state index in [-0.39, 0.29) is 5.69 Å². The molecule has 0 bridgehead atoms. The summed E-state index contributed by atoms with van der Waals surface area (Å²) in [5, 5.41) is 2.19. The highest BCUT2D eigenvalue weighted by atomic mass is 19.1. The molecule has 0 atom stereocenters. The SMILES string of the molecule is N/C=C/C(=O)Nc1ccc(F)cc1F. The van der Waals surface area contributed by atoms with E-state index in [1.165, 1.54) is 0 Å². The van der Waals surface area contributed by atoms with Gasteiger partial charge in [-0.1, -0.05) is 0 Å². The Morgan fingerprint density at radius 1 is 1.43 bits per heavy atom. The number of amides is 1. The molecule has 1 aromatic carbocycles. The van der Waals surface area contributed by atoms with E-state index in [0.717, 1.165) is 24.4 Å². The number of carbonyl (C=O) groups is 1. The van der Waals surface area contributed by atoms with Crippen LogP contribution in [0.3, 0.4) is 0 Å². The Morgan fingerprint density at radius 3 is 2.71 bits per heavy atom. The van der Waals surface area contributed by atoms with E-state index in [2.05, 4.69) is 5.32 Å². The van der Waals surface area contributed by atoms with Crippen LogP contribution in [0.2, 0.25) is 0 Å². The van der Waals surface area contributed by atoms with Gasteiger partial charge in [-0.2, -0.15) is 0 Å². The summed E-state index contributed by atoms with van der Waals surface area (Å²) in [6.07, 6.45) is 2.06. The Kier molecular flexibility index (Phi) is 3.17. The molecule has 0 unspecified atom stereocenters. The fourth-order valence-corrected chi connectivity index (χ4v) is 0.853. The van der Waals surface area contributed by atoms with Crippen LogP contribution < -0.4 is 11.1 Å². The van der Waals surface area contributed by atoms with Gasteiger partial charge in [-0.25, -0.2) is 8.78 Å². The first kappa shape index (κ1) is 10.2. The Hall–Kier alpha value is -1.91. The van der Waals surface area contributed by atoms with E-state index in [1.807, 2.05) is 0 Å². The molecule has 0 radical (unpaired) electrons. The molecule has 3 nitrogen and oxygen atoms in total. The molecular formula is C9H8F2N2O. The minimum atomic E-state index is -0.830. The van der Waals surface area contributed by atoms with Crippen LogP contribution in [-0.2, 0) is 4.79 Å². The van der Waals surface area contributed by atoms with Gasteiger partial charge in [0, 0.05) is 12.1 Å². The van der Waals surface area contributed by atoms with Crippen molar-refractivity contribution in [2.75, 3.05) is 5.32 Å². The van der Waals surface area contributed by atoms with Gasteiger partial charge in [0.15, 0.2) is 0 Å². The zero-order valence-electron chi connectivity index (χ0n) is 7.13. The standard InChI is InChI=1S/C9H8F2N2O/c10-6-1-2-8(7(11)5-6)13-9(14)3-4-12/h1-5H,12H2,(H,13,14)/b4-3+. The van der Waals surface area contributed by atoms with Crippen LogP contribution in [-0.4, -0.2) is 5.91 Å². The Bertz CT molecular complexity index is 377. The second-order valence-electron chi connectivity index (χ2n) is 2.47. The van der Waals surface area contributed by atoms with Crippen molar-refractivity contribution >= 4 is 11.6 Å². The molecule has 0 fully saturated rings. The number of hydrogen-bond acceptors (Lipinski definition) is 2. The molecule has 0 heterocycles. The van der Waals surface area contributed by atoms with E-state index < -0.39 is 17.5 Å². The molecule has 1 amide bonds. The van der Waals surface area contributed by atoms with Gasteiger partial charge in [0.2, 0.25) is 5.91 Å². The number of hydrogen-bond donors (Lipinski definition) is 2. The largest absolute Gasteiger partial charge is 0.404 e. The Balaban J connectivity index is 2.82. The van der Waals surface area contributed by atoms with Crippen molar-refractivity contribution in [2.24, 2.45) is 5.73 Å². The maximum Gasteiger partial charge on any atom is 0.249 e. The van der Waals surface area contributed by atoms with Crippen LogP contribution in [0.25, 0.3) is 0 Å². The molecule has 0 saturated heterocycles. The maximum atomic E-state index is 12.9. The molecule has 0 spiro atoms. The van der Waals surface area contributed by atoms with Crippen molar-refractivity contribution in [3.8, 4) is 0 Å². The summed E-state index contributed by atoms with van der Waals surface area (Å²) in [6, 6.07) is 2.86. The molecule has 5 heteroatoms. The predicted molar refractivity (Wildman–Crippen MR) is 48.3 cm³/mol. The van der Waals surface area contributed by atoms with Crippen molar-refractivity contribution in [1.29, 1.82) is 0 Å². The second-order valence-corrected chi connectivity index (χ2v) is 2.47. The fourth-order valence-electron chi connectivity index (χ4n) is 0.853. The summed E-state index contributed by atoms with van der Waals surface area (Å²) >= 11 is 0. The van der Waals surface area contributed by atoms with Crippen LogP contribution in [0.4, 0.5) is 14.5 Å². The normalized spacial score (nSPS) is 10.4.